The van der Waals surface area contributed by atoms with Gasteiger partial charge >= 0.3 is 29.6 Å². The van der Waals surface area contributed by atoms with Crippen LogP contribution in [0.5, 0.6) is 0 Å². The van der Waals surface area contributed by atoms with Crippen molar-refractivity contribution in [2.75, 3.05) is 0 Å². The molecule has 1 atom stereocenters. The van der Waals surface area contributed by atoms with Crippen molar-refractivity contribution in [2.24, 2.45) is 5.41 Å². The third-order valence-corrected chi connectivity index (χ3v) is 3.39. The monoisotopic (exact) mass is 311 g/mol. The van der Waals surface area contributed by atoms with Gasteiger partial charge in [-0.25, -0.2) is 0 Å². The maximum absolute atomic E-state index is 12.2. The van der Waals surface area contributed by atoms with Crippen LogP contribution in [0.4, 0.5) is 0 Å². The summed E-state index contributed by atoms with van der Waals surface area (Å²) in [6, 6.07) is 1.70. The molecule has 1 unspecified atom stereocenters. The fraction of sp³-hybridized carbons (Fsp3) is 0.333. The molecule has 6 nitrogen and oxygen atoms in total. The number of β-lactam (4-membered cyclic amide) rings is 1. The molecule has 2 aliphatic heterocycles. The van der Waals surface area contributed by atoms with Crippen LogP contribution in [0.15, 0.2) is 40.0 Å². The van der Waals surface area contributed by atoms with Gasteiger partial charge < -0.3 is 19.1 Å². The van der Waals surface area contributed by atoms with Crippen LogP contribution in [-0.4, -0.2) is 23.0 Å². The van der Waals surface area contributed by atoms with Gasteiger partial charge in [-0.2, -0.15) is 0 Å². The summed E-state index contributed by atoms with van der Waals surface area (Å²) in [6.07, 6.45) is 3.92. The van der Waals surface area contributed by atoms with Gasteiger partial charge in [0.05, 0.1) is 24.1 Å². The van der Waals surface area contributed by atoms with Gasteiger partial charge in [0.15, 0.2) is 0 Å². The van der Waals surface area contributed by atoms with E-state index in [1.54, 1.807) is 12.1 Å². The summed E-state index contributed by atoms with van der Waals surface area (Å²) in [7, 11) is 0. The second-order valence-electron chi connectivity index (χ2n) is 6.02. The number of allylic oxidation sites excluding steroid dienone is 1. The molecule has 3 rings (SSSR count). The molecular formula is C15H14NNaO5. The van der Waals surface area contributed by atoms with E-state index in [1.807, 2.05) is 20.8 Å². The van der Waals surface area contributed by atoms with Crippen LogP contribution in [0.3, 0.4) is 0 Å². The smallest absolute Gasteiger partial charge is 0.543 e. The maximum atomic E-state index is 12.2. The van der Waals surface area contributed by atoms with Crippen molar-refractivity contribution >= 4 is 18.0 Å². The van der Waals surface area contributed by atoms with E-state index in [-0.39, 0.29) is 46.9 Å². The molecule has 0 aromatic carbocycles. The minimum Gasteiger partial charge on any atom is -0.543 e. The Hall–Kier alpha value is -1.50. The zero-order valence-corrected chi connectivity index (χ0v) is 14.9. The number of hydrogen-bond acceptors (Lipinski definition) is 5. The Morgan fingerprint density at radius 2 is 2.09 bits per heavy atom. The van der Waals surface area contributed by atoms with Crippen LogP contribution in [0.2, 0.25) is 0 Å². The van der Waals surface area contributed by atoms with Gasteiger partial charge in [-0.3, -0.25) is 9.69 Å². The van der Waals surface area contributed by atoms with Crippen molar-refractivity contribution < 1.29 is 53.4 Å². The van der Waals surface area contributed by atoms with Crippen molar-refractivity contribution in [3.63, 3.8) is 0 Å². The van der Waals surface area contributed by atoms with Gasteiger partial charge in [-0.1, -0.05) is 20.8 Å². The van der Waals surface area contributed by atoms with E-state index in [1.165, 1.54) is 12.5 Å². The zero-order chi connectivity index (χ0) is 15.4. The first-order valence-electron chi connectivity index (χ1n) is 6.51. The molecule has 1 saturated heterocycles. The van der Waals surface area contributed by atoms with Crippen LogP contribution >= 0.6 is 0 Å². The zero-order valence-electron chi connectivity index (χ0n) is 12.9. The molecule has 1 fully saturated rings. The van der Waals surface area contributed by atoms with Gasteiger partial charge in [-0.05, 0) is 12.1 Å². The molecule has 7 heteroatoms. The topological polar surface area (TPSA) is 82.8 Å². The summed E-state index contributed by atoms with van der Waals surface area (Å²) in [6.45, 7) is 5.46. The number of carboxylic acids is 1. The number of nitrogens with zero attached hydrogens (tertiary/aromatic N) is 1. The first-order chi connectivity index (χ1) is 9.80. The number of aliphatic carboxylic acids is 1. The number of amides is 1. The van der Waals surface area contributed by atoms with Gasteiger partial charge in [0.1, 0.15) is 11.5 Å². The number of furan rings is 1. The summed E-state index contributed by atoms with van der Waals surface area (Å²) in [5, 5.41) is 11.3. The molecule has 0 spiro atoms. The van der Waals surface area contributed by atoms with Gasteiger partial charge in [0, 0.05) is 11.0 Å². The third-order valence-electron chi connectivity index (χ3n) is 3.39. The minimum absolute atomic E-state index is 0. The standard InChI is InChI=1S/C15H15NO5.Na/c1-15(2,3)11-10(14(18)19)16-12(17)9(13(16)21-11)6-8-4-5-20-7-8;/h4-7,13H,1-3H3,(H,18,19);/q;+1/p-1/b9-6-;. The van der Waals surface area contributed by atoms with E-state index < -0.39 is 17.6 Å². The molecule has 0 aliphatic carbocycles. The average molecular weight is 311 g/mol. The van der Waals surface area contributed by atoms with Crippen molar-refractivity contribution in [1.82, 2.24) is 4.90 Å². The number of fused-ring (bicyclic) bond motifs is 1. The normalized spacial score (nSPS) is 22.1. The summed E-state index contributed by atoms with van der Waals surface area (Å²) in [4.78, 5) is 24.6. The number of hydrogen-bond donors (Lipinski definition) is 0. The third kappa shape index (κ3) is 2.51. The number of carbonyl (C=O) groups excluding carboxylic acids is 2. The molecule has 0 saturated carbocycles. The van der Waals surface area contributed by atoms with Gasteiger partial charge in [-0.15, -0.1) is 0 Å². The molecule has 0 bridgehead atoms. The van der Waals surface area contributed by atoms with Crippen LogP contribution in [-0.2, 0) is 14.3 Å². The Bertz CT molecular complexity index is 681. The fourth-order valence-corrected chi connectivity index (χ4v) is 2.43. The Labute approximate surface area is 149 Å². The van der Waals surface area contributed by atoms with Crippen LogP contribution in [0.25, 0.3) is 6.08 Å². The molecule has 22 heavy (non-hydrogen) atoms. The van der Waals surface area contributed by atoms with Crippen molar-refractivity contribution in [3.05, 3.63) is 41.2 Å². The van der Waals surface area contributed by atoms with E-state index in [9.17, 15) is 14.7 Å². The summed E-state index contributed by atoms with van der Waals surface area (Å²) in [5.74, 6) is -1.53. The average Bonchev–Trinajstić information content (AvgIpc) is 3.00. The first kappa shape index (κ1) is 16.9. The van der Waals surface area contributed by atoms with Crippen molar-refractivity contribution in [3.8, 4) is 0 Å². The Morgan fingerprint density at radius 1 is 1.41 bits per heavy atom. The number of carboxylic acid groups (broad SMARTS) is 1. The van der Waals surface area contributed by atoms with Crippen LogP contribution < -0.4 is 34.7 Å². The van der Waals surface area contributed by atoms with Crippen LogP contribution in [0, 0.1) is 5.41 Å². The molecule has 3 heterocycles. The van der Waals surface area contributed by atoms with Gasteiger partial charge in [0.25, 0.3) is 5.91 Å². The second kappa shape index (κ2) is 5.61. The molecule has 2 aliphatic rings. The molecule has 110 valence electrons. The molecular weight excluding hydrogens is 297 g/mol. The number of carbonyl (C=O) groups is 2. The Morgan fingerprint density at radius 3 is 2.59 bits per heavy atom. The van der Waals surface area contributed by atoms with Gasteiger partial charge in [0.2, 0.25) is 6.23 Å². The Balaban J connectivity index is 0.00000176. The molecule has 0 N–H and O–H groups in total. The van der Waals surface area contributed by atoms with E-state index in [0.29, 0.717) is 5.57 Å². The van der Waals surface area contributed by atoms with Crippen molar-refractivity contribution in [2.45, 2.75) is 27.0 Å². The van der Waals surface area contributed by atoms with E-state index in [4.69, 9.17) is 9.15 Å². The Kier molecular flexibility index (Phi) is 4.30. The quantitative estimate of drug-likeness (QED) is 0.354. The predicted octanol–water partition coefficient (Wildman–Crippen LogP) is -2.13. The molecule has 1 aromatic rings. The minimum atomic E-state index is -1.40. The summed E-state index contributed by atoms with van der Waals surface area (Å²) < 4.78 is 10.6. The first-order valence-corrected chi connectivity index (χ1v) is 6.51. The van der Waals surface area contributed by atoms with Crippen molar-refractivity contribution in [1.29, 1.82) is 0 Å². The van der Waals surface area contributed by atoms with E-state index >= 15 is 0 Å². The number of ether oxygens (including phenoxy) is 1. The SMILES string of the molecule is CC(C)(C)C1=C(C(=O)[O-])N2C(=O)/C(=C/c3ccoc3)C2O1.[Na+]. The molecule has 0 radical (unpaired) electrons. The fourth-order valence-electron chi connectivity index (χ4n) is 2.43. The molecule has 1 aromatic heterocycles. The van der Waals surface area contributed by atoms with E-state index in [2.05, 4.69) is 0 Å². The summed E-state index contributed by atoms with van der Waals surface area (Å²) in [5.41, 5.74) is 0.408. The number of rotatable bonds is 2. The second-order valence-corrected chi connectivity index (χ2v) is 6.02. The summed E-state index contributed by atoms with van der Waals surface area (Å²) >= 11 is 0. The predicted molar refractivity (Wildman–Crippen MR) is 69.9 cm³/mol. The van der Waals surface area contributed by atoms with Crippen LogP contribution in [0.1, 0.15) is 26.3 Å². The largest absolute Gasteiger partial charge is 1.00 e. The molecule has 1 amide bonds. The maximum Gasteiger partial charge on any atom is 1.00 e. The van der Waals surface area contributed by atoms with E-state index in [0.717, 1.165) is 10.5 Å².